The Balaban J connectivity index is 1.25. The van der Waals surface area contributed by atoms with Crippen molar-refractivity contribution >= 4 is 15.9 Å². The van der Waals surface area contributed by atoms with E-state index in [0.29, 0.717) is 0 Å². The van der Waals surface area contributed by atoms with Gasteiger partial charge >= 0.3 is 0 Å². The molecule has 2 fully saturated rings. The van der Waals surface area contributed by atoms with Gasteiger partial charge in [0.15, 0.2) is 0 Å². The predicted octanol–water partition coefficient (Wildman–Crippen LogP) is 3.79. The first-order valence-corrected chi connectivity index (χ1v) is 9.96. The van der Waals surface area contributed by atoms with Gasteiger partial charge in [-0.2, -0.15) is 0 Å². The standard InChI is InChI=1S/C20H27BrN2O/c1-24-20-5-3-16(12-19(20)21)13-22-6-8-23(9-7-22)14-18-11-15-2-4-17(18)10-15/h2-5,12,15,17-18H,6-11,13-14H2,1H3/t15-,17-,18-/m1/s1. The molecule has 3 nitrogen and oxygen atoms in total. The molecule has 2 aliphatic carbocycles. The SMILES string of the molecule is COc1ccc(CN2CCN(C[C@H]3C[C@@H]4C=C[C@@H]3C4)CC2)cc1Br. The summed E-state index contributed by atoms with van der Waals surface area (Å²) in [5, 5.41) is 0. The van der Waals surface area contributed by atoms with E-state index in [1.807, 2.05) is 0 Å². The maximum atomic E-state index is 5.32. The van der Waals surface area contributed by atoms with E-state index in [2.05, 4.69) is 56.1 Å². The molecule has 0 spiro atoms. The average Bonchev–Trinajstić information content (AvgIpc) is 3.20. The van der Waals surface area contributed by atoms with Gasteiger partial charge in [-0.3, -0.25) is 4.90 Å². The highest BCUT2D eigenvalue weighted by Gasteiger charge is 2.36. The molecule has 0 aromatic heterocycles. The van der Waals surface area contributed by atoms with Crippen LogP contribution in [-0.2, 0) is 6.54 Å². The number of methoxy groups -OCH3 is 1. The van der Waals surface area contributed by atoms with Crippen LogP contribution in [0.4, 0.5) is 0 Å². The van der Waals surface area contributed by atoms with Crippen LogP contribution in [0, 0.1) is 17.8 Å². The van der Waals surface area contributed by atoms with E-state index in [4.69, 9.17) is 4.74 Å². The number of ether oxygens (including phenoxy) is 1. The van der Waals surface area contributed by atoms with E-state index < -0.39 is 0 Å². The van der Waals surface area contributed by atoms with Crippen molar-refractivity contribution in [3.8, 4) is 5.75 Å². The number of piperazine rings is 1. The zero-order valence-corrected chi connectivity index (χ0v) is 16.0. The Bertz CT molecular complexity index is 610. The van der Waals surface area contributed by atoms with Gasteiger partial charge in [-0.05, 0) is 64.2 Å². The van der Waals surface area contributed by atoms with Crippen LogP contribution in [-0.4, -0.2) is 49.6 Å². The summed E-state index contributed by atoms with van der Waals surface area (Å²) < 4.78 is 6.36. The predicted molar refractivity (Wildman–Crippen MR) is 101 cm³/mol. The highest BCUT2D eigenvalue weighted by molar-refractivity contribution is 9.10. The quantitative estimate of drug-likeness (QED) is 0.711. The van der Waals surface area contributed by atoms with Gasteiger partial charge in [0.1, 0.15) is 5.75 Å². The second-order valence-electron chi connectivity index (χ2n) is 7.59. The Morgan fingerprint density at radius 3 is 2.50 bits per heavy atom. The highest BCUT2D eigenvalue weighted by Crippen LogP contribution is 2.43. The van der Waals surface area contributed by atoms with E-state index in [9.17, 15) is 0 Å². The lowest BCUT2D eigenvalue weighted by Gasteiger charge is -2.37. The first-order chi connectivity index (χ1) is 11.7. The van der Waals surface area contributed by atoms with Gasteiger partial charge in [0.2, 0.25) is 0 Å². The summed E-state index contributed by atoms with van der Waals surface area (Å²) in [6, 6.07) is 6.42. The van der Waals surface area contributed by atoms with Crippen LogP contribution in [0.1, 0.15) is 18.4 Å². The molecule has 130 valence electrons. The van der Waals surface area contributed by atoms with Crippen molar-refractivity contribution in [3.63, 3.8) is 0 Å². The minimum absolute atomic E-state index is 0.879. The molecule has 4 heteroatoms. The summed E-state index contributed by atoms with van der Waals surface area (Å²) in [4.78, 5) is 5.27. The fourth-order valence-corrected chi connectivity index (χ4v) is 5.22. The largest absolute Gasteiger partial charge is 0.496 e. The van der Waals surface area contributed by atoms with Crippen LogP contribution >= 0.6 is 15.9 Å². The van der Waals surface area contributed by atoms with Gasteiger partial charge in [0.05, 0.1) is 11.6 Å². The summed E-state index contributed by atoms with van der Waals surface area (Å²) in [5.41, 5.74) is 1.36. The molecule has 1 heterocycles. The molecule has 1 aliphatic heterocycles. The Kier molecular flexibility index (Phi) is 4.98. The fraction of sp³-hybridized carbons (Fsp3) is 0.600. The molecular weight excluding hydrogens is 364 g/mol. The second kappa shape index (κ2) is 7.19. The van der Waals surface area contributed by atoms with E-state index in [-0.39, 0.29) is 0 Å². The van der Waals surface area contributed by atoms with Crippen molar-refractivity contribution < 1.29 is 4.74 Å². The first-order valence-electron chi connectivity index (χ1n) is 9.16. The topological polar surface area (TPSA) is 15.7 Å². The zero-order valence-electron chi connectivity index (χ0n) is 14.5. The summed E-state index contributed by atoms with van der Waals surface area (Å²) in [7, 11) is 1.71. The Morgan fingerprint density at radius 1 is 1.08 bits per heavy atom. The van der Waals surface area contributed by atoms with Crippen LogP contribution in [0.25, 0.3) is 0 Å². The molecule has 3 atom stereocenters. The van der Waals surface area contributed by atoms with Crippen molar-refractivity contribution in [2.24, 2.45) is 17.8 Å². The molecule has 1 aromatic carbocycles. The summed E-state index contributed by atoms with van der Waals surface area (Å²) in [5.74, 6) is 3.60. The lowest BCUT2D eigenvalue weighted by Crippen LogP contribution is -2.47. The van der Waals surface area contributed by atoms with Gasteiger partial charge in [-0.25, -0.2) is 0 Å². The van der Waals surface area contributed by atoms with Crippen LogP contribution in [0.15, 0.2) is 34.8 Å². The normalized spacial score (nSPS) is 30.2. The third-order valence-electron chi connectivity index (χ3n) is 6.00. The fourth-order valence-electron chi connectivity index (χ4n) is 4.63. The molecule has 1 saturated carbocycles. The number of fused-ring (bicyclic) bond motifs is 2. The third kappa shape index (κ3) is 3.56. The lowest BCUT2D eigenvalue weighted by molar-refractivity contribution is 0.108. The van der Waals surface area contributed by atoms with E-state index in [1.165, 1.54) is 51.1 Å². The monoisotopic (exact) mass is 390 g/mol. The zero-order chi connectivity index (χ0) is 16.5. The number of allylic oxidation sites excluding steroid dienone is 2. The molecular formula is C20H27BrN2O. The van der Waals surface area contributed by atoms with E-state index in [0.717, 1.165) is 34.5 Å². The third-order valence-corrected chi connectivity index (χ3v) is 6.62. The Hall–Kier alpha value is -0.840. The molecule has 24 heavy (non-hydrogen) atoms. The van der Waals surface area contributed by atoms with Gasteiger partial charge in [0, 0.05) is 39.3 Å². The van der Waals surface area contributed by atoms with Gasteiger partial charge in [-0.1, -0.05) is 18.2 Å². The average molecular weight is 391 g/mol. The summed E-state index contributed by atoms with van der Waals surface area (Å²) >= 11 is 3.59. The Morgan fingerprint density at radius 2 is 1.88 bits per heavy atom. The van der Waals surface area contributed by atoms with Gasteiger partial charge in [-0.15, -0.1) is 0 Å². The van der Waals surface area contributed by atoms with Crippen LogP contribution < -0.4 is 4.74 Å². The summed E-state index contributed by atoms with van der Waals surface area (Å²) in [6.07, 6.45) is 7.79. The number of hydrogen-bond acceptors (Lipinski definition) is 3. The molecule has 1 aromatic rings. The minimum Gasteiger partial charge on any atom is -0.496 e. The minimum atomic E-state index is 0.879. The molecule has 4 rings (SSSR count). The maximum absolute atomic E-state index is 5.32. The highest BCUT2D eigenvalue weighted by atomic mass is 79.9. The molecule has 0 N–H and O–H groups in total. The maximum Gasteiger partial charge on any atom is 0.133 e. The number of benzene rings is 1. The van der Waals surface area contributed by atoms with Crippen molar-refractivity contribution in [1.29, 1.82) is 0 Å². The molecule has 0 amide bonds. The molecule has 3 aliphatic rings. The number of rotatable bonds is 5. The molecule has 2 bridgehead atoms. The number of hydrogen-bond donors (Lipinski definition) is 0. The molecule has 1 saturated heterocycles. The van der Waals surface area contributed by atoms with Crippen LogP contribution in [0.2, 0.25) is 0 Å². The number of nitrogens with zero attached hydrogens (tertiary/aromatic N) is 2. The van der Waals surface area contributed by atoms with Crippen molar-refractivity contribution in [1.82, 2.24) is 9.80 Å². The van der Waals surface area contributed by atoms with E-state index in [1.54, 1.807) is 7.11 Å². The smallest absolute Gasteiger partial charge is 0.133 e. The summed E-state index contributed by atoms with van der Waals surface area (Å²) in [6.45, 7) is 7.14. The van der Waals surface area contributed by atoms with Gasteiger partial charge < -0.3 is 9.64 Å². The lowest BCUT2D eigenvalue weighted by atomic mass is 9.93. The second-order valence-corrected chi connectivity index (χ2v) is 8.44. The van der Waals surface area contributed by atoms with Crippen molar-refractivity contribution in [2.75, 3.05) is 39.8 Å². The first kappa shape index (κ1) is 16.6. The van der Waals surface area contributed by atoms with Crippen LogP contribution in [0.5, 0.6) is 5.75 Å². The van der Waals surface area contributed by atoms with Crippen molar-refractivity contribution in [3.05, 3.63) is 40.4 Å². The van der Waals surface area contributed by atoms with Crippen molar-refractivity contribution in [2.45, 2.75) is 19.4 Å². The van der Waals surface area contributed by atoms with Crippen LogP contribution in [0.3, 0.4) is 0 Å². The molecule has 0 unspecified atom stereocenters. The van der Waals surface area contributed by atoms with E-state index >= 15 is 0 Å². The number of halogens is 1. The molecule has 0 radical (unpaired) electrons. The Labute approximate surface area is 153 Å². The van der Waals surface area contributed by atoms with Gasteiger partial charge in [0.25, 0.3) is 0 Å².